The lowest BCUT2D eigenvalue weighted by Crippen LogP contribution is -2.21. The smallest absolute Gasteiger partial charge is 0.225 e. The van der Waals surface area contributed by atoms with Crippen LogP contribution in [-0.2, 0) is 0 Å². The largest absolute Gasteiger partial charge is 0.497 e. The molecule has 146 valence electrons. The molecule has 3 N–H and O–H groups in total. The van der Waals surface area contributed by atoms with Gasteiger partial charge in [0, 0.05) is 41.6 Å². The third kappa shape index (κ3) is 4.89. The van der Waals surface area contributed by atoms with E-state index in [0.717, 1.165) is 16.9 Å². The van der Waals surface area contributed by atoms with E-state index in [-0.39, 0.29) is 12.6 Å². The van der Waals surface area contributed by atoms with E-state index in [1.807, 2.05) is 55.5 Å². The highest BCUT2D eigenvalue weighted by Crippen LogP contribution is 2.29. The van der Waals surface area contributed by atoms with E-state index in [1.165, 1.54) is 0 Å². The molecule has 0 fully saturated rings. The summed E-state index contributed by atoms with van der Waals surface area (Å²) in [6.07, 6.45) is 0. The lowest BCUT2D eigenvalue weighted by atomic mass is 10.1. The lowest BCUT2D eigenvalue weighted by molar-refractivity contribution is 0.281. The molecule has 7 nitrogen and oxygen atoms in total. The maximum absolute atomic E-state index is 9.34. The first-order valence-electron chi connectivity index (χ1n) is 8.93. The van der Waals surface area contributed by atoms with Crippen LogP contribution in [0.4, 0.5) is 17.5 Å². The van der Waals surface area contributed by atoms with Crippen LogP contribution < -0.4 is 20.1 Å². The second-order valence-electron chi connectivity index (χ2n) is 6.28. The molecule has 0 radical (unpaired) electrons. The van der Waals surface area contributed by atoms with Gasteiger partial charge in [0.15, 0.2) is 0 Å². The number of anilines is 3. The van der Waals surface area contributed by atoms with Gasteiger partial charge >= 0.3 is 0 Å². The molecule has 0 bridgehead atoms. The number of aliphatic hydroxyl groups is 1. The topological polar surface area (TPSA) is 88.5 Å². The van der Waals surface area contributed by atoms with Crippen LogP contribution in [0.25, 0.3) is 11.3 Å². The number of aliphatic hydroxyl groups excluding tert-OH is 1. The molecule has 1 aromatic heterocycles. The Morgan fingerprint density at radius 2 is 1.64 bits per heavy atom. The van der Waals surface area contributed by atoms with Crippen LogP contribution in [0.5, 0.6) is 11.5 Å². The van der Waals surface area contributed by atoms with Crippen molar-refractivity contribution in [2.75, 3.05) is 31.5 Å². The molecule has 0 spiro atoms. The summed E-state index contributed by atoms with van der Waals surface area (Å²) in [5.41, 5.74) is 2.51. The lowest BCUT2D eigenvalue weighted by Gasteiger charge is -2.15. The first-order valence-corrected chi connectivity index (χ1v) is 8.93. The minimum atomic E-state index is -0.171. The number of nitrogens with zero attached hydrogens (tertiary/aromatic N) is 2. The fourth-order valence-electron chi connectivity index (χ4n) is 2.63. The molecule has 7 heteroatoms. The fourth-order valence-corrected chi connectivity index (χ4v) is 2.63. The quantitative estimate of drug-likeness (QED) is 0.549. The molecule has 0 aliphatic carbocycles. The molecule has 3 aromatic rings. The van der Waals surface area contributed by atoms with Crippen LogP contribution >= 0.6 is 0 Å². The molecule has 0 saturated carbocycles. The van der Waals surface area contributed by atoms with Crippen molar-refractivity contribution in [3.05, 3.63) is 54.6 Å². The standard InChI is InChI=1S/C21H24N4O3/c1-14(13-26)22-21-24-19(15-7-5-4-6-8-15)12-20(25-21)23-16-9-17(27-2)11-18(10-16)28-3/h4-12,14,26H,13H2,1-3H3,(H2,22,23,24,25)/t14-/m1/s1. The number of benzene rings is 2. The zero-order valence-corrected chi connectivity index (χ0v) is 16.1. The van der Waals surface area contributed by atoms with Crippen LogP contribution in [-0.4, -0.2) is 41.9 Å². The normalized spacial score (nSPS) is 11.6. The van der Waals surface area contributed by atoms with E-state index in [2.05, 4.69) is 20.6 Å². The minimum Gasteiger partial charge on any atom is -0.497 e. The van der Waals surface area contributed by atoms with Gasteiger partial charge in [-0.15, -0.1) is 0 Å². The average molecular weight is 380 g/mol. The molecule has 0 saturated heterocycles. The second-order valence-corrected chi connectivity index (χ2v) is 6.28. The molecule has 1 heterocycles. The number of hydrogen-bond acceptors (Lipinski definition) is 7. The number of methoxy groups -OCH3 is 2. The summed E-state index contributed by atoms with van der Waals surface area (Å²) in [6.45, 7) is 1.84. The Hall–Kier alpha value is -3.32. The first kappa shape index (κ1) is 19.4. The minimum absolute atomic E-state index is 0.0191. The number of ether oxygens (including phenoxy) is 2. The van der Waals surface area contributed by atoms with Gasteiger partial charge in [0.05, 0.1) is 26.5 Å². The summed E-state index contributed by atoms with van der Waals surface area (Å²) in [5.74, 6) is 2.38. The van der Waals surface area contributed by atoms with Crippen molar-refractivity contribution in [2.45, 2.75) is 13.0 Å². The van der Waals surface area contributed by atoms with E-state index in [9.17, 15) is 5.11 Å². The molecule has 28 heavy (non-hydrogen) atoms. The molecular formula is C21H24N4O3. The highest BCUT2D eigenvalue weighted by Gasteiger charge is 2.10. The molecule has 1 atom stereocenters. The molecule has 0 amide bonds. The van der Waals surface area contributed by atoms with Crippen molar-refractivity contribution in [3.63, 3.8) is 0 Å². The zero-order valence-electron chi connectivity index (χ0n) is 16.1. The first-order chi connectivity index (χ1) is 13.6. The number of nitrogens with one attached hydrogen (secondary N) is 2. The van der Waals surface area contributed by atoms with E-state index in [1.54, 1.807) is 20.3 Å². The van der Waals surface area contributed by atoms with Gasteiger partial charge in [-0.05, 0) is 6.92 Å². The molecule has 2 aromatic carbocycles. The fraction of sp³-hybridized carbons (Fsp3) is 0.238. The second kappa shape index (κ2) is 9.05. The van der Waals surface area contributed by atoms with Crippen LogP contribution in [0.2, 0.25) is 0 Å². The van der Waals surface area contributed by atoms with Crippen molar-refractivity contribution < 1.29 is 14.6 Å². The highest BCUT2D eigenvalue weighted by molar-refractivity contribution is 5.68. The summed E-state index contributed by atoms with van der Waals surface area (Å²) in [7, 11) is 3.21. The summed E-state index contributed by atoms with van der Waals surface area (Å²) >= 11 is 0. The number of aromatic nitrogens is 2. The van der Waals surface area contributed by atoms with Gasteiger partial charge in [-0.1, -0.05) is 30.3 Å². The molecular weight excluding hydrogens is 356 g/mol. The van der Waals surface area contributed by atoms with Crippen LogP contribution in [0, 0.1) is 0 Å². The Morgan fingerprint density at radius 3 is 2.25 bits per heavy atom. The summed E-state index contributed by atoms with van der Waals surface area (Å²) in [5, 5.41) is 15.7. The predicted molar refractivity (Wildman–Crippen MR) is 110 cm³/mol. The molecule has 0 aliphatic rings. The van der Waals surface area contributed by atoms with Gasteiger partial charge in [0.1, 0.15) is 17.3 Å². The highest BCUT2D eigenvalue weighted by atomic mass is 16.5. The SMILES string of the molecule is COc1cc(Nc2cc(-c3ccccc3)nc(N[C@H](C)CO)n2)cc(OC)c1. The van der Waals surface area contributed by atoms with Gasteiger partial charge < -0.3 is 25.2 Å². The van der Waals surface area contributed by atoms with E-state index in [4.69, 9.17) is 9.47 Å². The monoisotopic (exact) mass is 380 g/mol. The third-order valence-electron chi connectivity index (χ3n) is 4.07. The summed E-state index contributed by atoms with van der Waals surface area (Å²) < 4.78 is 10.7. The van der Waals surface area contributed by atoms with Crippen molar-refractivity contribution in [3.8, 4) is 22.8 Å². The Bertz CT molecular complexity index is 897. The molecule has 0 aliphatic heterocycles. The van der Waals surface area contributed by atoms with Gasteiger partial charge in [0.2, 0.25) is 5.95 Å². The van der Waals surface area contributed by atoms with Crippen molar-refractivity contribution in [1.29, 1.82) is 0 Å². The average Bonchev–Trinajstić information content (AvgIpc) is 2.73. The van der Waals surface area contributed by atoms with Gasteiger partial charge in [-0.3, -0.25) is 0 Å². The van der Waals surface area contributed by atoms with Crippen molar-refractivity contribution >= 4 is 17.5 Å². The Labute approximate surface area is 164 Å². The zero-order chi connectivity index (χ0) is 19.9. The van der Waals surface area contributed by atoms with Gasteiger partial charge in [-0.25, -0.2) is 4.98 Å². The van der Waals surface area contributed by atoms with E-state index >= 15 is 0 Å². The maximum Gasteiger partial charge on any atom is 0.225 e. The van der Waals surface area contributed by atoms with Crippen LogP contribution in [0.15, 0.2) is 54.6 Å². The Kier molecular flexibility index (Phi) is 6.29. The van der Waals surface area contributed by atoms with E-state index < -0.39 is 0 Å². The molecule has 3 rings (SSSR count). The van der Waals surface area contributed by atoms with Gasteiger partial charge in [0.25, 0.3) is 0 Å². The summed E-state index contributed by atoms with van der Waals surface area (Å²) in [6, 6.07) is 17.1. The Morgan fingerprint density at radius 1 is 0.964 bits per heavy atom. The van der Waals surface area contributed by atoms with Gasteiger partial charge in [-0.2, -0.15) is 4.98 Å². The summed E-state index contributed by atoms with van der Waals surface area (Å²) in [4.78, 5) is 9.10. The van der Waals surface area contributed by atoms with Crippen molar-refractivity contribution in [1.82, 2.24) is 9.97 Å². The Balaban J connectivity index is 1.98. The number of hydrogen-bond donors (Lipinski definition) is 3. The van der Waals surface area contributed by atoms with E-state index in [0.29, 0.717) is 23.3 Å². The third-order valence-corrected chi connectivity index (χ3v) is 4.07. The number of rotatable bonds is 8. The maximum atomic E-state index is 9.34. The van der Waals surface area contributed by atoms with Crippen LogP contribution in [0.1, 0.15) is 6.92 Å². The van der Waals surface area contributed by atoms with Crippen molar-refractivity contribution in [2.24, 2.45) is 0 Å². The molecule has 0 unspecified atom stereocenters. The predicted octanol–water partition coefficient (Wildman–Crippen LogP) is 3.70. The van der Waals surface area contributed by atoms with Crippen LogP contribution in [0.3, 0.4) is 0 Å².